The van der Waals surface area contributed by atoms with Crippen molar-refractivity contribution in [1.29, 1.82) is 0 Å². The van der Waals surface area contributed by atoms with Crippen molar-refractivity contribution < 1.29 is 0 Å². The fourth-order valence-corrected chi connectivity index (χ4v) is 1.32. The first-order valence-electron chi connectivity index (χ1n) is 4.42. The van der Waals surface area contributed by atoms with E-state index in [9.17, 15) is 4.79 Å². The second kappa shape index (κ2) is 2.67. The number of hydrogen-bond acceptors (Lipinski definition) is 3. The normalized spacial score (nSPS) is 12.2. The minimum absolute atomic E-state index is 0.156. The zero-order valence-electron chi connectivity index (χ0n) is 8.40. The number of nitrogens with one attached hydrogen (secondary N) is 1. The van der Waals surface area contributed by atoms with Crippen LogP contribution >= 0.6 is 0 Å². The molecule has 0 bridgehead atoms. The molecule has 0 amide bonds. The third kappa shape index (κ3) is 1.21. The molecule has 0 aliphatic rings. The van der Waals surface area contributed by atoms with Gasteiger partial charge in [-0.25, -0.2) is 9.67 Å². The Hall–Kier alpha value is -1.65. The molecule has 2 aromatic rings. The zero-order valence-corrected chi connectivity index (χ0v) is 8.40. The van der Waals surface area contributed by atoms with E-state index in [-0.39, 0.29) is 11.1 Å². The molecule has 5 nitrogen and oxygen atoms in total. The van der Waals surface area contributed by atoms with Crippen LogP contribution in [-0.4, -0.2) is 19.7 Å². The molecule has 14 heavy (non-hydrogen) atoms. The summed E-state index contributed by atoms with van der Waals surface area (Å²) in [6.07, 6.45) is 3.12. The molecule has 0 aliphatic heterocycles. The molecule has 0 saturated carbocycles. The van der Waals surface area contributed by atoms with Crippen molar-refractivity contribution in [2.24, 2.45) is 0 Å². The van der Waals surface area contributed by atoms with Gasteiger partial charge in [-0.15, -0.1) is 0 Å². The van der Waals surface area contributed by atoms with Crippen molar-refractivity contribution in [2.45, 2.75) is 26.3 Å². The maximum atomic E-state index is 11.9. The number of aromatic nitrogens is 4. The number of hydrogen-bond donors (Lipinski definition) is 1. The van der Waals surface area contributed by atoms with Crippen LogP contribution in [0.5, 0.6) is 0 Å². The van der Waals surface area contributed by atoms with E-state index in [1.807, 2.05) is 20.8 Å². The number of imidazole rings is 1. The number of rotatable bonds is 0. The summed E-state index contributed by atoms with van der Waals surface area (Å²) < 4.78 is 1.44. The minimum Gasteiger partial charge on any atom is -0.343 e. The molecule has 0 radical (unpaired) electrons. The molecule has 0 saturated heterocycles. The van der Waals surface area contributed by atoms with Gasteiger partial charge in [-0.3, -0.25) is 4.79 Å². The van der Waals surface area contributed by atoms with Gasteiger partial charge in [0.2, 0.25) is 0 Å². The molecule has 2 aromatic heterocycles. The van der Waals surface area contributed by atoms with E-state index in [4.69, 9.17) is 0 Å². The first-order chi connectivity index (χ1) is 6.50. The molecular weight excluding hydrogens is 180 g/mol. The van der Waals surface area contributed by atoms with Gasteiger partial charge in [0.15, 0.2) is 5.52 Å². The molecular formula is C9H12N4O. The number of aromatic amines is 1. The zero-order chi connectivity index (χ0) is 10.3. The second-order valence-corrected chi connectivity index (χ2v) is 4.20. The lowest BCUT2D eigenvalue weighted by molar-refractivity contribution is 0.340. The van der Waals surface area contributed by atoms with Crippen molar-refractivity contribution in [1.82, 2.24) is 19.7 Å². The lowest BCUT2D eigenvalue weighted by Gasteiger charge is -2.19. The predicted molar refractivity (Wildman–Crippen MR) is 53.1 cm³/mol. The van der Waals surface area contributed by atoms with Crippen LogP contribution in [0, 0.1) is 0 Å². The van der Waals surface area contributed by atoms with E-state index >= 15 is 0 Å². The van der Waals surface area contributed by atoms with Crippen molar-refractivity contribution in [3.63, 3.8) is 0 Å². The Morgan fingerprint density at radius 2 is 2.14 bits per heavy atom. The summed E-state index contributed by atoms with van der Waals surface area (Å²) in [4.78, 5) is 18.7. The van der Waals surface area contributed by atoms with Gasteiger partial charge in [0, 0.05) is 0 Å². The van der Waals surface area contributed by atoms with Gasteiger partial charge >= 0.3 is 0 Å². The maximum absolute atomic E-state index is 11.9. The van der Waals surface area contributed by atoms with Crippen LogP contribution in [0.15, 0.2) is 17.3 Å². The fraction of sp³-hybridized carbons (Fsp3) is 0.444. The summed E-state index contributed by atoms with van der Waals surface area (Å²) in [6, 6.07) is 0. The molecule has 1 N–H and O–H groups in total. The van der Waals surface area contributed by atoms with Crippen LogP contribution in [0.2, 0.25) is 0 Å². The van der Waals surface area contributed by atoms with Crippen molar-refractivity contribution in [3.05, 3.63) is 22.9 Å². The molecule has 0 aromatic carbocycles. The van der Waals surface area contributed by atoms with Crippen LogP contribution in [0.3, 0.4) is 0 Å². The lowest BCUT2D eigenvalue weighted by Crippen LogP contribution is -2.35. The summed E-state index contributed by atoms with van der Waals surface area (Å²) in [5.41, 5.74) is 0.645. The van der Waals surface area contributed by atoms with Crippen LogP contribution in [0.25, 0.3) is 11.0 Å². The summed E-state index contributed by atoms with van der Waals surface area (Å²) in [6.45, 7) is 5.79. The first kappa shape index (κ1) is 8.93. The molecule has 74 valence electrons. The van der Waals surface area contributed by atoms with E-state index < -0.39 is 0 Å². The average Bonchev–Trinajstić information content (AvgIpc) is 2.50. The molecule has 0 unspecified atom stereocenters. The van der Waals surface area contributed by atoms with Gasteiger partial charge < -0.3 is 4.98 Å². The molecule has 0 spiro atoms. The summed E-state index contributed by atoms with van der Waals surface area (Å²) >= 11 is 0. The minimum atomic E-state index is -0.315. The van der Waals surface area contributed by atoms with E-state index in [0.29, 0.717) is 11.0 Å². The number of nitrogens with zero attached hydrogens (tertiary/aromatic N) is 3. The Balaban J connectivity index is 2.81. The Morgan fingerprint density at radius 1 is 1.43 bits per heavy atom. The SMILES string of the molecule is CC(C)(C)n1ncc2[nH]cnc2c1=O. The molecule has 2 rings (SSSR count). The van der Waals surface area contributed by atoms with Gasteiger partial charge in [-0.1, -0.05) is 0 Å². The Morgan fingerprint density at radius 3 is 2.79 bits per heavy atom. The topological polar surface area (TPSA) is 63.6 Å². The van der Waals surface area contributed by atoms with Crippen LogP contribution in [-0.2, 0) is 5.54 Å². The predicted octanol–water partition coefficient (Wildman–Crippen LogP) is 0.875. The molecule has 5 heteroatoms. The van der Waals surface area contributed by atoms with Crippen molar-refractivity contribution in [3.8, 4) is 0 Å². The quantitative estimate of drug-likeness (QED) is 0.673. The average molecular weight is 192 g/mol. The highest BCUT2D eigenvalue weighted by molar-refractivity contribution is 5.71. The smallest absolute Gasteiger partial charge is 0.295 e. The highest BCUT2D eigenvalue weighted by atomic mass is 16.1. The Labute approximate surface area is 80.8 Å². The third-order valence-corrected chi connectivity index (χ3v) is 2.00. The van der Waals surface area contributed by atoms with Crippen LogP contribution in [0.4, 0.5) is 0 Å². The number of fused-ring (bicyclic) bond motifs is 1. The van der Waals surface area contributed by atoms with Gasteiger partial charge in [-0.05, 0) is 20.8 Å². The van der Waals surface area contributed by atoms with E-state index in [0.717, 1.165) is 0 Å². The highest BCUT2D eigenvalue weighted by Gasteiger charge is 2.17. The van der Waals surface area contributed by atoms with Crippen LogP contribution < -0.4 is 5.56 Å². The van der Waals surface area contributed by atoms with E-state index in [1.54, 1.807) is 6.20 Å². The largest absolute Gasteiger partial charge is 0.343 e. The molecule has 0 fully saturated rings. The van der Waals surface area contributed by atoms with Crippen molar-refractivity contribution in [2.75, 3.05) is 0 Å². The lowest BCUT2D eigenvalue weighted by atomic mass is 10.1. The summed E-state index contributed by atoms with van der Waals surface area (Å²) in [7, 11) is 0. The standard InChI is InChI=1S/C9H12N4O/c1-9(2,3)13-8(14)7-6(4-12-13)10-5-11-7/h4-5H,1-3H3,(H,10,11). The fourth-order valence-electron chi connectivity index (χ4n) is 1.32. The van der Waals surface area contributed by atoms with Gasteiger partial charge in [0.1, 0.15) is 0 Å². The second-order valence-electron chi connectivity index (χ2n) is 4.20. The van der Waals surface area contributed by atoms with E-state index in [1.165, 1.54) is 11.0 Å². The van der Waals surface area contributed by atoms with Gasteiger partial charge in [-0.2, -0.15) is 5.10 Å². The third-order valence-electron chi connectivity index (χ3n) is 2.00. The van der Waals surface area contributed by atoms with Gasteiger partial charge in [0.25, 0.3) is 5.56 Å². The summed E-state index contributed by atoms with van der Waals surface area (Å²) in [5.74, 6) is 0. The Kier molecular flexibility index (Phi) is 1.70. The molecule has 0 aliphatic carbocycles. The highest BCUT2D eigenvalue weighted by Crippen LogP contribution is 2.10. The number of H-pyrrole nitrogens is 1. The molecule has 2 heterocycles. The van der Waals surface area contributed by atoms with Crippen molar-refractivity contribution >= 4 is 11.0 Å². The monoisotopic (exact) mass is 192 g/mol. The molecule has 0 atom stereocenters. The summed E-state index contributed by atoms with van der Waals surface area (Å²) in [5, 5.41) is 4.08. The van der Waals surface area contributed by atoms with E-state index in [2.05, 4.69) is 15.1 Å². The first-order valence-corrected chi connectivity index (χ1v) is 4.42. The van der Waals surface area contributed by atoms with Crippen LogP contribution in [0.1, 0.15) is 20.8 Å². The van der Waals surface area contributed by atoms with Gasteiger partial charge in [0.05, 0.1) is 23.6 Å². The Bertz CT molecular complexity index is 517. The maximum Gasteiger partial charge on any atom is 0.295 e.